The van der Waals surface area contributed by atoms with Gasteiger partial charge < -0.3 is 16.0 Å². The Bertz CT molecular complexity index is 1210. The third-order valence-corrected chi connectivity index (χ3v) is 4.91. The van der Waals surface area contributed by atoms with E-state index in [0.717, 1.165) is 17.5 Å². The van der Waals surface area contributed by atoms with Crippen molar-refractivity contribution in [1.82, 2.24) is 15.6 Å². The highest BCUT2D eigenvalue weighted by molar-refractivity contribution is 6.34. The number of aryl methyl sites for hydroxylation is 1. The van der Waals surface area contributed by atoms with Gasteiger partial charge in [-0.05, 0) is 42.8 Å². The molecule has 9 heteroatoms. The fourth-order valence-electron chi connectivity index (χ4n) is 2.94. The summed E-state index contributed by atoms with van der Waals surface area (Å²) in [4.78, 5) is 16.9. The second kappa shape index (κ2) is 8.77. The van der Waals surface area contributed by atoms with Crippen molar-refractivity contribution >= 4 is 34.1 Å². The molecule has 0 fully saturated rings. The van der Waals surface area contributed by atoms with Crippen molar-refractivity contribution in [3.05, 3.63) is 87.8 Å². The van der Waals surface area contributed by atoms with Crippen LogP contribution in [-0.2, 0) is 6.18 Å². The average Bonchev–Trinajstić information content (AvgIpc) is 2.71. The molecule has 0 unspecified atom stereocenters. The normalized spacial score (nSPS) is 12.0. The molecule has 3 N–H and O–H groups in total. The highest BCUT2D eigenvalue weighted by Gasteiger charge is 2.31. The Morgan fingerprint density at radius 1 is 1.16 bits per heavy atom. The van der Waals surface area contributed by atoms with Crippen LogP contribution in [0.15, 0.2) is 60.6 Å². The average molecular weight is 447 g/mol. The third-order valence-electron chi connectivity index (χ3n) is 4.60. The highest BCUT2D eigenvalue weighted by Crippen LogP contribution is 2.30. The maximum Gasteiger partial charge on any atom is 0.416 e. The Morgan fingerprint density at radius 3 is 2.58 bits per heavy atom. The van der Waals surface area contributed by atoms with E-state index in [2.05, 4.69) is 15.6 Å². The van der Waals surface area contributed by atoms with Gasteiger partial charge in [-0.3, -0.25) is 9.78 Å². The molecule has 0 spiro atoms. The Labute approximate surface area is 181 Å². The first kappa shape index (κ1) is 22.3. The molecule has 5 nitrogen and oxygen atoms in total. The number of amides is 1. The molecule has 0 bridgehead atoms. The van der Waals surface area contributed by atoms with Crippen LogP contribution in [0.25, 0.3) is 10.9 Å². The number of hydrogen-bond donors (Lipinski definition) is 3. The van der Waals surface area contributed by atoms with Gasteiger partial charge in [-0.1, -0.05) is 23.7 Å². The van der Waals surface area contributed by atoms with E-state index in [1.54, 1.807) is 31.3 Å². The minimum atomic E-state index is -4.52. The first-order chi connectivity index (χ1) is 14.6. The largest absolute Gasteiger partial charge is 0.416 e. The van der Waals surface area contributed by atoms with Gasteiger partial charge in [-0.2, -0.15) is 13.2 Å². The van der Waals surface area contributed by atoms with Gasteiger partial charge in [-0.15, -0.1) is 0 Å². The first-order valence-corrected chi connectivity index (χ1v) is 9.50. The number of hydrogen-bond acceptors (Lipinski definition) is 4. The van der Waals surface area contributed by atoms with E-state index in [4.69, 9.17) is 17.0 Å². The number of nitrogens with one attached hydrogen (secondary N) is 3. The van der Waals surface area contributed by atoms with Crippen molar-refractivity contribution in [3.8, 4) is 0 Å². The van der Waals surface area contributed by atoms with E-state index in [1.807, 2.05) is 6.07 Å². The van der Waals surface area contributed by atoms with Crippen LogP contribution in [0, 0.1) is 12.3 Å². The molecule has 0 aliphatic heterocycles. The monoisotopic (exact) mass is 446 g/mol. The summed E-state index contributed by atoms with van der Waals surface area (Å²) in [5, 5.41) is 14.5. The number of allylic oxidation sites excluding steroid dienone is 1. The number of aromatic nitrogens is 1. The lowest BCUT2D eigenvalue weighted by Gasteiger charge is -2.13. The van der Waals surface area contributed by atoms with Crippen LogP contribution >= 0.6 is 11.6 Å². The molecule has 3 rings (SSSR count). The van der Waals surface area contributed by atoms with Crippen molar-refractivity contribution in [2.24, 2.45) is 0 Å². The van der Waals surface area contributed by atoms with E-state index < -0.39 is 17.6 Å². The molecule has 2 aromatic carbocycles. The molecule has 0 aliphatic rings. The predicted molar refractivity (Wildman–Crippen MR) is 114 cm³/mol. The molecule has 1 heterocycles. The molecule has 0 atom stereocenters. The summed E-state index contributed by atoms with van der Waals surface area (Å²) in [7, 11) is 1.52. The van der Waals surface area contributed by atoms with Crippen molar-refractivity contribution < 1.29 is 18.0 Å². The fourth-order valence-corrected chi connectivity index (χ4v) is 3.20. The molecule has 1 amide bonds. The highest BCUT2D eigenvalue weighted by atomic mass is 35.5. The van der Waals surface area contributed by atoms with Crippen molar-refractivity contribution in [1.29, 1.82) is 5.41 Å². The maximum absolute atomic E-state index is 13.0. The van der Waals surface area contributed by atoms with Gasteiger partial charge in [0.25, 0.3) is 5.91 Å². The second-order valence-corrected chi connectivity index (χ2v) is 7.14. The number of carbonyl (C=O) groups is 1. The van der Waals surface area contributed by atoms with E-state index in [0.29, 0.717) is 11.1 Å². The number of rotatable bonds is 5. The van der Waals surface area contributed by atoms with Crippen LogP contribution in [0.5, 0.6) is 0 Å². The first-order valence-electron chi connectivity index (χ1n) is 9.12. The van der Waals surface area contributed by atoms with Crippen LogP contribution in [0.2, 0.25) is 5.02 Å². The van der Waals surface area contributed by atoms with Crippen LogP contribution in [0.3, 0.4) is 0 Å². The number of benzene rings is 2. The molecule has 0 saturated heterocycles. The van der Waals surface area contributed by atoms with E-state index >= 15 is 0 Å². The van der Waals surface area contributed by atoms with Gasteiger partial charge in [0.1, 0.15) is 5.82 Å². The predicted octanol–water partition coefficient (Wildman–Crippen LogP) is 5.07. The standard InChI is InChI=1S/C22H18ClF3N4O/c1-12-5-6-14(22(24,25)26)9-15(12)18(27)11-20(28-2)30-21(31)16-10-19-13(8-17(16)23)4-3-7-29-19/h3-11,27-28H,1-2H3,(H,30,31)/b20-11+,27-18?. The Hall–Kier alpha value is -3.39. The molecular weight excluding hydrogens is 429 g/mol. The summed E-state index contributed by atoms with van der Waals surface area (Å²) in [6.07, 6.45) is -1.68. The molecule has 160 valence electrons. The minimum absolute atomic E-state index is 0.102. The smallest absolute Gasteiger partial charge is 0.375 e. The summed E-state index contributed by atoms with van der Waals surface area (Å²) in [5.74, 6) is -0.421. The molecule has 0 radical (unpaired) electrons. The lowest BCUT2D eigenvalue weighted by molar-refractivity contribution is -0.137. The minimum Gasteiger partial charge on any atom is -0.375 e. The zero-order chi connectivity index (χ0) is 22.8. The van der Waals surface area contributed by atoms with E-state index in [-0.39, 0.29) is 27.7 Å². The number of fused-ring (bicyclic) bond motifs is 1. The molecule has 1 aromatic heterocycles. The zero-order valence-electron chi connectivity index (χ0n) is 16.6. The van der Waals surface area contributed by atoms with Gasteiger partial charge in [0.15, 0.2) is 0 Å². The third kappa shape index (κ3) is 5.03. The molecular formula is C22H18ClF3N4O. The Balaban J connectivity index is 1.88. The second-order valence-electron chi connectivity index (χ2n) is 6.73. The number of halogens is 4. The van der Waals surface area contributed by atoms with Gasteiger partial charge in [0, 0.05) is 30.3 Å². The molecule has 0 aliphatic carbocycles. The number of nitrogens with zero attached hydrogens (tertiary/aromatic N) is 1. The lowest BCUT2D eigenvalue weighted by atomic mass is 10.0. The lowest BCUT2D eigenvalue weighted by Crippen LogP contribution is -2.30. The van der Waals surface area contributed by atoms with Gasteiger partial charge >= 0.3 is 6.18 Å². The van der Waals surface area contributed by atoms with Gasteiger partial charge in [0.2, 0.25) is 0 Å². The number of alkyl halides is 3. The Morgan fingerprint density at radius 2 is 1.90 bits per heavy atom. The van der Waals surface area contributed by atoms with E-state index in [1.165, 1.54) is 19.2 Å². The van der Waals surface area contributed by atoms with Gasteiger partial charge in [-0.25, -0.2) is 0 Å². The molecule has 31 heavy (non-hydrogen) atoms. The van der Waals surface area contributed by atoms with Crippen molar-refractivity contribution in [2.45, 2.75) is 13.1 Å². The number of pyridine rings is 1. The SMILES string of the molecule is CN/C(=C\C(=N)c1cc(C(F)(F)F)ccc1C)NC(=O)c1cc2ncccc2cc1Cl. The fraction of sp³-hybridized carbons (Fsp3) is 0.136. The quantitative estimate of drug-likeness (QED) is 0.478. The van der Waals surface area contributed by atoms with Crippen molar-refractivity contribution in [2.75, 3.05) is 7.05 Å². The summed E-state index contributed by atoms with van der Waals surface area (Å²) < 4.78 is 39.1. The summed E-state index contributed by atoms with van der Waals surface area (Å²) in [6.45, 7) is 1.61. The summed E-state index contributed by atoms with van der Waals surface area (Å²) >= 11 is 6.23. The zero-order valence-corrected chi connectivity index (χ0v) is 17.3. The van der Waals surface area contributed by atoms with E-state index in [9.17, 15) is 18.0 Å². The van der Waals surface area contributed by atoms with Gasteiger partial charge in [0.05, 0.1) is 27.4 Å². The van der Waals surface area contributed by atoms with Crippen LogP contribution in [-0.4, -0.2) is 23.7 Å². The maximum atomic E-state index is 13.0. The number of carbonyl (C=O) groups excluding carboxylic acids is 1. The van der Waals surface area contributed by atoms with Crippen molar-refractivity contribution in [3.63, 3.8) is 0 Å². The summed E-state index contributed by atoms with van der Waals surface area (Å²) in [6, 6.07) is 9.91. The molecule has 3 aromatic rings. The summed E-state index contributed by atoms with van der Waals surface area (Å²) in [5.41, 5.74) is 0.316. The topological polar surface area (TPSA) is 77.9 Å². The van der Waals surface area contributed by atoms with Crippen LogP contribution in [0.4, 0.5) is 13.2 Å². The Kier molecular flexibility index (Phi) is 6.31. The molecule has 0 saturated carbocycles. The van der Waals surface area contributed by atoms with Crippen LogP contribution in [0.1, 0.15) is 27.0 Å². The van der Waals surface area contributed by atoms with Crippen LogP contribution < -0.4 is 10.6 Å².